The number of carbonyl (C=O) groups is 3. The molecule has 2 N–H and O–H groups in total. The molecule has 232 valence electrons. The van der Waals surface area contributed by atoms with Crippen LogP contribution in [-0.2, 0) is 4.74 Å². The Morgan fingerprint density at radius 2 is 1.20 bits per heavy atom. The van der Waals surface area contributed by atoms with E-state index in [2.05, 4.69) is 15.6 Å². The predicted molar refractivity (Wildman–Crippen MR) is 169 cm³/mol. The molecule has 5 rings (SSSR count). The van der Waals surface area contributed by atoms with Crippen molar-refractivity contribution in [3.8, 4) is 11.4 Å². The van der Waals surface area contributed by atoms with Crippen LogP contribution >= 0.6 is 0 Å². The average Bonchev–Trinajstić information content (AvgIpc) is 3.39. The fourth-order valence-electron chi connectivity index (χ4n) is 4.42. The highest BCUT2D eigenvalue weighted by Crippen LogP contribution is 2.29. The number of carbonyl (C=O) groups excluding carboxylic acids is 3. The average molecular weight is 623 g/mol. The summed E-state index contributed by atoms with van der Waals surface area (Å²) < 4.78 is 6.95. The number of non-ortho nitro benzene ring substituents is 2. The Bertz CT molecular complexity index is 1990. The number of aromatic nitrogens is 2. The number of hydrogen-bond donors (Lipinski definition) is 2. The number of nitro benzene ring substituents is 2. The summed E-state index contributed by atoms with van der Waals surface area (Å²) in [4.78, 5) is 64.3. The van der Waals surface area contributed by atoms with E-state index >= 15 is 0 Å². The first kappa shape index (κ1) is 31.0. The van der Waals surface area contributed by atoms with Crippen molar-refractivity contribution in [2.24, 2.45) is 0 Å². The van der Waals surface area contributed by atoms with Gasteiger partial charge in [0.25, 0.3) is 23.2 Å². The number of fused-ring (bicyclic) bond motifs is 1. The molecule has 0 spiro atoms. The Labute approximate surface area is 260 Å². The highest BCUT2D eigenvalue weighted by atomic mass is 16.6. The van der Waals surface area contributed by atoms with Crippen molar-refractivity contribution in [3.05, 3.63) is 122 Å². The van der Waals surface area contributed by atoms with Crippen LogP contribution in [-0.4, -0.2) is 42.9 Å². The molecule has 2 amide bonds. The number of rotatable bonds is 7. The lowest BCUT2D eigenvalue weighted by Crippen LogP contribution is -2.27. The van der Waals surface area contributed by atoms with Crippen molar-refractivity contribution in [2.75, 3.05) is 10.6 Å². The summed E-state index contributed by atoms with van der Waals surface area (Å²) in [5.74, 6) is -0.729. The first-order valence-electron chi connectivity index (χ1n) is 13.8. The van der Waals surface area contributed by atoms with Gasteiger partial charge in [-0.25, -0.2) is 14.3 Å². The molecular formula is C32H26N6O8. The maximum Gasteiger partial charge on any atom is 0.420 e. The second-order valence-corrected chi connectivity index (χ2v) is 11.0. The van der Waals surface area contributed by atoms with Gasteiger partial charge in [0, 0.05) is 52.3 Å². The van der Waals surface area contributed by atoms with E-state index in [9.17, 15) is 34.6 Å². The zero-order chi connectivity index (χ0) is 33.2. The van der Waals surface area contributed by atoms with E-state index in [1.54, 1.807) is 63.2 Å². The summed E-state index contributed by atoms with van der Waals surface area (Å²) >= 11 is 0. The SMILES string of the molecule is CC(C)(C)OC(=O)n1c(-c2ccc(NC(=O)c3ccc([N+](=O)[O-])cc3)cc2)nc2ccc(NC(=O)c3ccc([N+](=O)[O-])cc3)cc21. The molecule has 0 saturated heterocycles. The minimum absolute atomic E-state index is 0.132. The minimum Gasteiger partial charge on any atom is -0.443 e. The normalized spacial score (nSPS) is 11.1. The van der Waals surface area contributed by atoms with Gasteiger partial charge in [0.2, 0.25) is 0 Å². The monoisotopic (exact) mass is 622 g/mol. The topological polar surface area (TPSA) is 189 Å². The molecule has 1 heterocycles. The quantitative estimate of drug-likeness (QED) is 0.145. The Morgan fingerprint density at radius 3 is 1.67 bits per heavy atom. The zero-order valence-corrected chi connectivity index (χ0v) is 24.7. The Kier molecular flexibility index (Phi) is 8.27. The van der Waals surface area contributed by atoms with Gasteiger partial charge in [0.15, 0.2) is 5.82 Å². The van der Waals surface area contributed by atoms with E-state index in [-0.39, 0.29) is 28.3 Å². The summed E-state index contributed by atoms with van der Waals surface area (Å²) in [6, 6.07) is 21.7. The summed E-state index contributed by atoms with van der Waals surface area (Å²) in [5.41, 5.74) is 1.40. The van der Waals surface area contributed by atoms with Crippen molar-refractivity contribution in [1.82, 2.24) is 9.55 Å². The number of nitro groups is 2. The van der Waals surface area contributed by atoms with Crippen molar-refractivity contribution in [2.45, 2.75) is 26.4 Å². The number of nitrogens with zero attached hydrogens (tertiary/aromatic N) is 4. The van der Waals surface area contributed by atoms with E-state index < -0.39 is 33.4 Å². The molecule has 4 aromatic carbocycles. The molecule has 0 atom stereocenters. The molecule has 0 saturated carbocycles. The Balaban J connectivity index is 1.44. The zero-order valence-electron chi connectivity index (χ0n) is 24.7. The van der Waals surface area contributed by atoms with E-state index in [1.165, 1.54) is 53.1 Å². The molecule has 0 aliphatic heterocycles. The van der Waals surface area contributed by atoms with Crippen LogP contribution in [0.2, 0.25) is 0 Å². The van der Waals surface area contributed by atoms with Gasteiger partial charge in [-0.15, -0.1) is 0 Å². The van der Waals surface area contributed by atoms with E-state index in [0.717, 1.165) is 0 Å². The third-order valence-corrected chi connectivity index (χ3v) is 6.57. The van der Waals surface area contributed by atoms with Gasteiger partial charge >= 0.3 is 6.09 Å². The molecule has 0 radical (unpaired) electrons. The number of imidazole rings is 1. The van der Waals surface area contributed by atoms with Crippen LogP contribution in [0.4, 0.5) is 27.5 Å². The molecule has 5 aromatic rings. The lowest BCUT2D eigenvalue weighted by molar-refractivity contribution is -0.385. The lowest BCUT2D eigenvalue weighted by atomic mass is 10.1. The van der Waals surface area contributed by atoms with Crippen LogP contribution in [0, 0.1) is 20.2 Å². The molecule has 0 fully saturated rings. The fraction of sp³-hybridized carbons (Fsp3) is 0.125. The van der Waals surface area contributed by atoms with E-state index in [0.29, 0.717) is 28.0 Å². The van der Waals surface area contributed by atoms with Crippen molar-refractivity contribution in [1.29, 1.82) is 0 Å². The van der Waals surface area contributed by atoms with Crippen LogP contribution in [0.3, 0.4) is 0 Å². The number of hydrogen-bond acceptors (Lipinski definition) is 9. The highest BCUT2D eigenvalue weighted by Gasteiger charge is 2.25. The van der Waals surface area contributed by atoms with Crippen LogP contribution in [0.15, 0.2) is 91.0 Å². The number of amides is 2. The van der Waals surface area contributed by atoms with Gasteiger partial charge in [-0.3, -0.25) is 29.8 Å². The number of ether oxygens (including phenoxy) is 1. The van der Waals surface area contributed by atoms with E-state index in [1.807, 2.05) is 0 Å². The van der Waals surface area contributed by atoms with Crippen molar-refractivity contribution in [3.63, 3.8) is 0 Å². The molecule has 0 unspecified atom stereocenters. The summed E-state index contributed by atoms with van der Waals surface area (Å²) in [6.07, 6.45) is -0.709. The molecule has 0 bridgehead atoms. The third kappa shape index (κ3) is 6.86. The maximum atomic E-state index is 13.5. The Hall–Kier alpha value is -6.44. The van der Waals surface area contributed by atoms with Crippen molar-refractivity contribution >= 4 is 51.7 Å². The largest absolute Gasteiger partial charge is 0.443 e. The van der Waals surface area contributed by atoms with Gasteiger partial charge in [0.1, 0.15) is 5.60 Å². The van der Waals surface area contributed by atoms with Gasteiger partial charge in [-0.1, -0.05) is 0 Å². The van der Waals surface area contributed by atoms with Crippen LogP contribution in [0.1, 0.15) is 41.5 Å². The maximum absolute atomic E-state index is 13.5. The number of nitrogens with one attached hydrogen (secondary N) is 2. The first-order chi connectivity index (χ1) is 21.8. The van der Waals surface area contributed by atoms with E-state index in [4.69, 9.17) is 4.74 Å². The van der Waals surface area contributed by atoms with Crippen molar-refractivity contribution < 1.29 is 29.0 Å². The molecule has 0 aliphatic carbocycles. The summed E-state index contributed by atoms with van der Waals surface area (Å²) in [7, 11) is 0. The smallest absolute Gasteiger partial charge is 0.420 e. The second kappa shape index (κ2) is 12.3. The molecule has 14 heteroatoms. The molecule has 14 nitrogen and oxygen atoms in total. The first-order valence-corrected chi connectivity index (χ1v) is 13.8. The second-order valence-electron chi connectivity index (χ2n) is 11.0. The lowest BCUT2D eigenvalue weighted by Gasteiger charge is -2.20. The summed E-state index contributed by atoms with van der Waals surface area (Å²) in [5, 5.41) is 27.3. The number of anilines is 2. The highest BCUT2D eigenvalue weighted by molar-refractivity contribution is 6.06. The van der Waals surface area contributed by atoms with Crippen LogP contribution < -0.4 is 10.6 Å². The van der Waals surface area contributed by atoms with Gasteiger partial charge in [-0.2, -0.15) is 0 Å². The molecule has 1 aromatic heterocycles. The standard InChI is InChI=1S/C32H26N6O8/c1-32(2,3)46-31(41)36-27-18-23(34-30(40)21-8-15-25(16-9-21)38(44)45)12-17-26(27)35-28(36)19-4-10-22(11-5-19)33-29(39)20-6-13-24(14-7-20)37(42)43/h4-18H,1-3H3,(H,33,39)(H,34,40). The fourth-order valence-corrected chi connectivity index (χ4v) is 4.42. The van der Waals surface area contributed by atoms with Crippen LogP contribution in [0.25, 0.3) is 22.4 Å². The van der Waals surface area contributed by atoms with Crippen LogP contribution in [0.5, 0.6) is 0 Å². The molecule has 46 heavy (non-hydrogen) atoms. The minimum atomic E-state index is -0.835. The Morgan fingerprint density at radius 1 is 0.717 bits per heavy atom. The predicted octanol–water partition coefficient (Wildman–Crippen LogP) is 6.81. The van der Waals surface area contributed by atoms with Gasteiger partial charge in [-0.05, 0) is 87.5 Å². The van der Waals surface area contributed by atoms with Gasteiger partial charge in [0.05, 0.1) is 20.9 Å². The molecule has 0 aliphatic rings. The third-order valence-electron chi connectivity index (χ3n) is 6.57. The molecular weight excluding hydrogens is 596 g/mol. The summed E-state index contributed by atoms with van der Waals surface area (Å²) in [6.45, 7) is 5.17. The number of benzene rings is 4. The van der Waals surface area contributed by atoms with Gasteiger partial charge < -0.3 is 15.4 Å².